The van der Waals surface area contributed by atoms with Crippen LogP contribution >= 0.6 is 0 Å². The van der Waals surface area contributed by atoms with Crippen LogP contribution in [0.15, 0.2) is 42.5 Å². The predicted octanol–water partition coefficient (Wildman–Crippen LogP) is 5.16. The molecule has 2 aromatic rings. The maximum atomic E-state index is 12.6. The summed E-state index contributed by atoms with van der Waals surface area (Å²) in [6.45, 7) is 9.13. The molecule has 0 fully saturated rings. The van der Waals surface area contributed by atoms with Crippen molar-refractivity contribution >= 4 is 11.8 Å². The van der Waals surface area contributed by atoms with Crippen LogP contribution < -0.4 is 0 Å². The molecule has 0 amide bonds. The molecule has 0 spiro atoms. The summed E-state index contributed by atoms with van der Waals surface area (Å²) in [4.78, 5) is 23.5. The van der Waals surface area contributed by atoms with Gasteiger partial charge in [0.25, 0.3) is 0 Å². The fraction of sp³-hybridized carbons (Fsp3) is 0.391. The van der Waals surface area contributed by atoms with Crippen molar-refractivity contribution in [2.75, 3.05) is 0 Å². The van der Waals surface area contributed by atoms with E-state index in [2.05, 4.69) is 45.9 Å². The summed E-state index contributed by atoms with van der Waals surface area (Å²) in [5.74, 6) is -0.974. The highest BCUT2D eigenvalue weighted by atomic mass is 16.4. The molecule has 136 valence electrons. The van der Waals surface area contributed by atoms with Crippen molar-refractivity contribution in [2.24, 2.45) is 0 Å². The van der Waals surface area contributed by atoms with Gasteiger partial charge in [-0.3, -0.25) is 4.79 Å². The lowest BCUT2D eigenvalue weighted by Gasteiger charge is -2.42. The van der Waals surface area contributed by atoms with E-state index in [1.807, 2.05) is 0 Å². The van der Waals surface area contributed by atoms with Crippen molar-refractivity contribution in [1.29, 1.82) is 0 Å². The van der Waals surface area contributed by atoms with Gasteiger partial charge in [0, 0.05) is 12.0 Å². The average molecular weight is 350 g/mol. The highest BCUT2D eigenvalue weighted by molar-refractivity contribution is 5.98. The largest absolute Gasteiger partial charge is 0.478 e. The third kappa shape index (κ3) is 3.44. The van der Waals surface area contributed by atoms with Crippen molar-refractivity contribution in [3.8, 4) is 0 Å². The van der Waals surface area contributed by atoms with Gasteiger partial charge in [-0.2, -0.15) is 0 Å². The van der Waals surface area contributed by atoms with Crippen molar-refractivity contribution < 1.29 is 14.7 Å². The Morgan fingerprint density at radius 3 is 1.96 bits per heavy atom. The first kappa shape index (κ1) is 18.4. The Morgan fingerprint density at radius 2 is 1.38 bits per heavy atom. The van der Waals surface area contributed by atoms with E-state index in [1.54, 1.807) is 12.1 Å². The molecule has 1 N–H and O–H groups in total. The van der Waals surface area contributed by atoms with Crippen molar-refractivity contribution in [3.63, 3.8) is 0 Å². The van der Waals surface area contributed by atoms with Gasteiger partial charge in [0.2, 0.25) is 0 Å². The van der Waals surface area contributed by atoms with Gasteiger partial charge in [-0.15, -0.1) is 0 Å². The summed E-state index contributed by atoms with van der Waals surface area (Å²) in [5, 5.41) is 8.97. The minimum atomic E-state index is -0.983. The maximum absolute atomic E-state index is 12.6. The molecule has 2 aromatic carbocycles. The van der Waals surface area contributed by atoms with Crippen molar-refractivity contribution in [2.45, 2.75) is 57.8 Å². The Hall–Kier alpha value is -2.42. The van der Waals surface area contributed by atoms with Crippen LogP contribution in [0.5, 0.6) is 0 Å². The quantitative estimate of drug-likeness (QED) is 0.775. The Bertz CT molecular complexity index is 858. The van der Waals surface area contributed by atoms with Gasteiger partial charge in [-0.25, -0.2) is 4.79 Å². The normalized spacial score (nSPS) is 17.4. The second-order valence-electron chi connectivity index (χ2n) is 8.63. The van der Waals surface area contributed by atoms with E-state index in [0.717, 1.165) is 12.0 Å². The monoisotopic (exact) mass is 350 g/mol. The third-order valence-electron chi connectivity index (χ3n) is 5.74. The van der Waals surface area contributed by atoms with E-state index < -0.39 is 5.97 Å². The molecule has 0 bridgehead atoms. The number of hydrogen-bond acceptors (Lipinski definition) is 2. The number of aromatic carboxylic acids is 1. The van der Waals surface area contributed by atoms with Crippen LogP contribution in [0.2, 0.25) is 0 Å². The smallest absolute Gasteiger partial charge is 0.335 e. The lowest BCUT2D eigenvalue weighted by molar-refractivity contribution is 0.0696. The number of rotatable bonds is 4. The lowest BCUT2D eigenvalue weighted by Crippen LogP contribution is -2.33. The lowest BCUT2D eigenvalue weighted by atomic mass is 9.63. The molecule has 3 heteroatoms. The molecular weight excluding hydrogens is 324 g/mol. The molecule has 1 aliphatic carbocycles. The number of hydrogen-bond donors (Lipinski definition) is 1. The number of carboxylic acids is 1. The van der Waals surface area contributed by atoms with E-state index in [4.69, 9.17) is 5.11 Å². The van der Waals surface area contributed by atoms with Crippen LogP contribution in [0.4, 0.5) is 0 Å². The molecule has 0 saturated carbocycles. The zero-order chi connectivity index (χ0) is 19.1. The molecular formula is C23H26O3. The van der Waals surface area contributed by atoms with E-state index in [-0.39, 0.29) is 22.2 Å². The van der Waals surface area contributed by atoms with Crippen molar-refractivity contribution in [1.82, 2.24) is 0 Å². The molecule has 0 aromatic heterocycles. The molecule has 0 aliphatic heterocycles. The van der Waals surface area contributed by atoms with Gasteiger partial charge in [0.1, 0.15) is 0 Å². The molecule has 0 radical (unpaired) electrons. The zero-order valence-electron chi connectivity index (χ0n) is 15.9. The van der Waals surface area contributed by atoms with Crippen LogP contribution in [0, 0.1) is 0 Å². The molecule has 0 unspecified atom stereocenters. The van der Waals surface area contributed by atoms with Gasteiger partial charge in [-0.05, 0) is 52.5 Å². The van der Waals surface area contributed by atoms with Crippen LogP contribution in [-0.2, 0) is 17.3 Å². The molecule has 3 rings (SSSR count). The Kier molecular flexibility index (Phi) is 4.51. The Morgan fingerprint density at radius 1 is 0.846 bits per heavy atom. The molecule has 0 heterocycles. The summed E-state index contributed by atoms with van der Waals surface area (Å²) in [6, 6.07) is 12.6. The van der Waals surface area contributed by atoms with E-state index in [9.17, 15) is 9.59 Å². The van der Waals surface area contributed by atoms with Gasteiger partial charge < -0.3 is 5.11 Å². The molecule has 0 atom stereocenters. The number of fused-ring (bicyclic) bond motifs is 1. The first-order valence-corrected chi connectivity index (χ1v) is 9.11. The second kappa shape index (κ2) is 6.39. The fourth-order valence-electron chi connectivity index (χ4n) is 3.83. The Labute approximate surface area is 155 Å². The predicted molar refractivity (Wildman–Crippen MR) is 103 cm³/mol. The number of carbonyl (C=O) groups excluding carboxylic acids is 1. The molecule has 3 nitrogen and oxygen atoms in total. The highest BCUT2D eigenvalue weighted by Gasteiger charge is 2.36. The highest BCUT2D eigenvalue weighted by Crippen LogP contribution is 2.45. The molecule has 0 saturated heterocycles. The minimum Gasteiger partial charge on any atom is -0.478 e. The number of carboxylic acid groups (broad SMARTS) is 1. The van der Waals surface area contributed by atoms with Crippen LogP contribution in [0.25, 0.3) is 0 Å². The number of carbonyl (C=O) groups is 2. The van der Waals surface area contributed by atoms with Crippen molar-refractivity contribution in [3.05, 3.63) is 70.3 Å². The molecule has 1 aliphatic rings. The standard InChI is InChI=1S/C23H26O3/c1-22(2)11-12-23(3,4)19-13-15(5-10-18(19)22)14-20(24)16-6-8-17(9-7-16)21(25)26/h5-10,13H,11-12,14H2,1-4H3,(H,25,26). The van der Waals surface area contributed by atoms with E-state index in [0.29, 0.717) is 12.0 Å². The summed E-state index contributed by atoms with van der Waals surface area (Å²) in [5.41, 5.74) is 4.78. The maximum Gasteiger partial charge on any atom is 0.335 e. The number of Topliss-reactive ketones (excluding diaryl/α,β-unsaturated/α-hetero) is 1. The number of ketones is 1. The summed E-state index contributed by atoms with van der Waals surface area (Å²) in [7, 11) is 0. The summed E-state index contributed by atoms with van der Waals surface area (Å²) < 4.78 is 0. The second-order valence-corrected chi connectivity index (χ2v) is 8.63. The molecule has 26 heavy (non-hydrogen) atoms. The van der Waals surface area contributed by atoms with E-state index >= 15 is 0 Å². The average Bonchev–Trinajstić information content (AvgIpc) is 2.59. The van der Waals surface area contributed by atoms with Crippen LogP contribution in [0.1, 0.15) is 77.9 Å². The Balaban J connectivity index is 1.87. The minimum absolute atomic E-state index is 0.00904. The topological polar surface area (TPSA) is 54.4 Å². The summed E-state index contributed by atoms with van der Waals surface area (Å²) >= 11 is 0. The van der Waals surface area contributed by atoms with Gasteiger partial charge >= 0.3 is 5.97 Å². The first-order chi connectivity index (χ1) is 12.1. The van der Waals surface area contributed by atoms with E-state index in [1.165, 1.54) is 29.7 Å². The van der Waals surface area contributed by atoms with Crippen LogP contribution in [-0.4, -0.2) is 16.9 Å². The first-order valence-electron chi connectivity index (χ1n) is 9.11. The van der Waals surface area contributed by atoms with Gasteiger partial charge in [0.15, 0.2) is 5.78 Å². The van der Waals surface area contributed by atoms with Crippen LogP contribution in [0.3, 0.4) is 0 Å². The number of benzene rings is 2. The summed E-state index contributed by atoms with van der Waals surface area (Å²) in [6.07, 6.45) is 2.64. The van der Waals surface area contributed by atoms with Gasteiger partial charge in [0.05, 0.1) is 5.56 Å². The van der Waals surface area contributed by atoms with Gasteiger partial charge in [-0.1, -0.05) is 58.0 Å². The SMILES string of the molecule is CC1(C)CCC(C)(C)c2cc(CC(=O)c3ccc(C(=O)O)cc3)ccc21. The zero-order valence-corrected chi connectivity index (χ0v) is 15.9. The third-order valence-corrected chi connectivity index (χ3v) is 5.74. The fourth-order valence-corrected chi connectivity index (χ4v) is 3.83.